The second kappa shape index (κ2) is 5.21. The van der Waals surface area contributed by atoms with Gasteiger partial charge in [-0.25, -0.2) is 4.98 Å². The van der Waals surface area contributed by atoms with E-state index in [0.29, 0.717) is 0 Å². The Hall–Kier alpha value is -1.18. The van der Waals surface area contributed by atoms with Gasteiger partial charge in [0.15, 0.2) is 4.34 Å². The van der Waals surface area contributed by atoms with Gasteiger partial charge >= 0.3 is 0 Å². The number of aryl methyl sites for hydroxylation is 1. The SMILES string of the molecule is Cc1nnc(SCc2csc(-c3ccoc3)n2)s1. The maximum atomic E-state index is 5.06. The molecule has 0 saturated heterocycles. The Balaban J connectivity index is 1.67. The van der Waals surface area contributed by atoms with Gasteiger partial charge in [0, 0.05) is 16.7 Å². The number of thioether (sulfide) groups is 1. The molecule has 0 amide bonds. The van der Waals surface area contributed by atoms with Gasteiger partial charge in [0.25, 0.3) is 0 Å². The maximum Gasteiger partial charge on any atom is 0.174 e. The topological polar surface area (TPSA) is 51.8 Å². The monoisotopic (exact) mass is 295 g/mol. The van der Waals surface area contributed by atoms with Crippen molar-refractivity contribution in [2.45, 2.75) is 17.0 Å². The van der Waals surface area contributed by atoms with E-state index < -0.39 is 0 Å². The summed E-state index contributed by atoms with van der Waals surface area (Å²) in [6, 6.07) is 1.92. The molecule has 0 aliphatic heterocycles. The molecule has 0 atom stereocenters. The highest BCUT2D eigenvalue weighted by atomic mass is 32.2. The van der Waals surface area contributed by atoms with Gasteiger partial charge < -0.3 is 4.42 Å². The Labute approximate surface area is 116 Å². The Bertz CT molecular complexity index is 630. The van der Waals surface area contributed by atoms with Gasteiger partial charge in [0.2, 0.25) is 0 Å². The summed E-state index contributed by atoms with van der Waals surface area (Å²) in [4.78, 5) is 4.57. The van der Waals surface area contributed by atoms with Gasteiger partial charge in [-0.15, -0.1) is 21.5 Å². The molecular formula is C11H9N3OS3. The first-order chi connectivity index (χ1) is 8.81. The van der Waals surface area contributed by atoms with E-state index >= 15 is 0 Å². The number of furan rings is 1. The Morgan fingerprint density at radius 3 is 3.06 bits per heavy atom. The number of hydrogen-bond acceptors (Lipinski definition) is 7. The van der Waals surface area contributed by atoms with E-state index in [4.69, 9.17) is 4.42 Å². The quantitative estimate of drug-likeness (QED) is 0.684. The average molecular weight is 295 g/mol. The number of nitrogens with zero attached hydrogens (tertiary/aromatic N) is 3. The van der Waals surface area contributed by atoms with E-state index in [1.807, 2.05) is 13.0 Å². The first-order valence-corrected chi connectivity index (χ1v) is 7.89. The highest BCUT2D eigenvalue weighted by molar-refractivity contribution is 8.00. The van der Waals surface area contributed by atoms with E-state index in [2.05, 4.69) is 20.6 Å². The molecule has 0 N–H and O–H groups in total. The Morgan fingerprint density at radius 1 is 1.39 bits per heavy atom. The van der Waals surface area contributed by atoms with Crippen LogP contribution in [0.25, 0.3) is 10.6 Å². The van der Waals surface area contributed by atoms with Crippen LogP contribution >= 0.6 is 34.4 Å². The summed E-state index contributed by atoms with van der Waals surface area (Å²) in [5, 5.41) is 12.1. The van der Waals surface area contributed by atoms with Crippen molar-refractivity contribution in [1.29, 1.82) is 0 Å². The molecular weight excluding hydrogens is 286 g/mol. The highest BCUT2D eigenvalue weighted by Gasteiger charge is 2.07. The van der Waals surface area contributed by atoms with Crippen LogP contribution in [0, 0.1) is 6.92 Å². The van der Waals surface area contributed by atoms with Gasteiger partial charge in [0.05, 0.1) is 12.0 Å². The predicted molar refractivity (Wildman–Crippen MR) is 74.0 cm³/mol. The van der Waals surface area contributed by atoms with Crippen LogP contribution in [0.2, 0.25) is 0 Å². The molecule has 3 heterocycles. The van der Waals surface area contributed by atoms with Crippen LogP contribution in [0.3, 0.4) is 0 Å². The average Bonchev–Trinajstić information content (AvgIpc) is 3.07. The van der Waals surface area contributed by atoms with Crippen LogP contribution < -0.4 is 0 Å². The van der Waals surface area contributed by atoms with Crippen molar-refractivity contribution < 1.29 is 4.42 Å². The molecule has 7 heteroatoms. The predicted octanol–water partition coefficient (Wildman–Crippen LogP) is 3.86. The Morgan fingerprint density at radius 2 is 2.33 bits per heavy atom. The van der Waals surface area contributed by atoms with E-state index in [1.165, 1.54) is 0 Å². The third-order valence-electron chi connectivity index (χ3n) is 2.17. The molecule has 18 heavy (non-hydrogen) atoms. The number of rotatable bonds is 4. The Kier molecular flexibility index (Phi) is 3.44. The van der Waals surface area contributed by atoms with Crippen LogP contribution in [0.4, 0.5) is 0 Å². The largest absolute Gasteiger partial charge is 0.472 e. The lowest BCUT2D eigenvalue weighted by molar-refractivity contribution is 0.568. The third kappa shape index (κ3) is 2.63. The molecule has 0 saturated carbocycles. The fourth-order valence-electron chi connectivity index (χ4n) is 1.36. The molecule has 3 aromatic rings. The van der Waals surface area contributed by atoms with E-state index in [1.54, 1.807) is 47.0 Å². The summed E-state index contributed by atoms with van der Waals surface area (Å²) in [6.07, 6.45) is 3.37. The summed E-state index contributed by atoms with van der Waals surface area (Å²) in [7, 11) is 0. The maximum absolute atomic E-state index is 5.06. The summed E-state index contributed by atoms with van der Waals surface area (Å²) >= 11 is 4.91. The van der Waals surface area contributed by atoms with Gasteiger partial charge in [-0.2, -0.15) is 0 Å². The van der Waals surface area contributed by atoms with Crippen molar-refractivity contribution in [1.82, 2.24) is 15.2 Å². The molecule has 3 rings (SSSR count). The normalized spacial score (nSPS) is 10.9. The minimum Gasteiger partial charge on any atom is -0.472 e. The summed E-state index contributed by atoms with van der Waals surface area (Å²) in [6.45, 7) is 1.96. The second-order valence-corrected chi connectivity index (χ2v) is 6.79. The molecule has 0 spiro atoms. The number of aromatic nitrogens is 3. The lowest BCUT2D eigenvalue weighted by atomic mass is 10.4. The molecule has 0 aliphatic rings. The van der Waals surface area contributed by atoms with Gasteiger partial charge in [-0.05, 0) is 13.0 Å². The fraction of sp³-hybridized carbons (Fsp3) is 0.182. The van der Waals surface area contributed by atoms with Crippen molar-refractivity contribution in [2.24, 2.45) is 0 Å². The van der Waals surface area contributed by atoms with Crippen molar-refractivity contribution in [3.8, 4) is 10.6 Å². The van der Waals surface area contributed by atoms with Crippen LogP contribution in [-0.4, -0.2) is 15.2 Å². The third-order valence-corrected chi connectivity index (χ3v) is 5.12. The first kappa shape index (κ1) is 11.9. The minimum atomic E-state index is 0.822. The van der Waals surface area contributed by atoms with Crippen LogP contribution in [0.5, 0.6) is 0 Å². The molecule has 92 valence electrons. The van der Waals surface area contributed by atoms with Gasteiger partial charge in [-0.1, -0.05) is 23.1 Å². The zero-order valence-electron chi connectivity index (χ0n) is 9.49. The second-order valence-electron chi connectivity index (χ2n) is 3.53. The number of thiazole rings is 1. The van der Waals surface area contributed by atoms with Gasteiger partial charge in [-0.3, -0.25) is 0 Å². The molecule has 4 nitrogen and oxygen atoms in total. The summed E-state index contributed by atoms with van der Waals surface area (Å²) in [5.74, 6) is 0.822. The van der Waals surface area contributed by atoms with E-state index in [-0.39, 0.29) is 0 Å². The molecule has 0 fully saturated rings. The van der Waals surface area contributed by atoms with Gasteiger partial charge in [0.1, 0.15) is 16.3 Å². The summed E-state index contributed by atoms with van der Waals surface area (Å²) in [5.41, 5.74) is 2.09. The lowest BCUT2D eigenvalue weighted by Gasteiger charge is -1.92. The zero-order valence-corrected chi connectivity index (χ0v) is 11.9. The molecule has 0 aromatic carbocycles. The minimum absolute atomic E-state index is 0.822. The molecule has 0 unspecified atom stereocenters. The van der Waals surface area contributed by atoms with E-state index in [9.17, 15) is 0 Å². The van der Waals surface area contributed by atoms with Crippen molar-refractivity contribution >= 4 is 34.4 Å². The van der Waals surface area contributed by atoms with E-state index in [0.717, 1.165) is 31.4 Å². The van der Waals surface area contributed by atoms with Crippen molar-refractivity contribution in [2.75, 3.05) is 0 Å². The highest BCUT2D eigenvalue weighted by Crippen LogP contribution is 2.29. The molecule has 0 radical (unpaired) electrons. The molecule has 0 aliphatic carbocycles. The first-order valence-electron chi connectivity index (χ1n) is 5.21. The molecule has 3 aromatic heterocycles. The summed E-state index contributed by atoms with van der Waals surface area (Å²) < 4.78 is 6.05. The zero-order chi connectivity index (χ0) is 12.4. The lowest BCUT2D eigenvalue weighted by Crippen LogP contribution is -1.81. The van der Waals surface area contributed by atoms with Crippen molar-refractivity contribution in [3.63, 3.8) is 0 Å². The van der Waals surface area contributed by atoms with Crippen LogP contribution in [-0.2, 0) is 5.75 Å². The van der Waals surface area contributed by atoms with Crippen molar-refractivity contribution in [3.05, 3.63) is 34.7 Å². The fourth-order valence-corrected chi connectivity index (χ4v) is 3.98. The van der Waals surface area contributed by atoms with Crippen LogP contribution in [0.15, 0.2) is 32.7 Å². The molecule has 0 bridgehead atoms. The smallest absolute Gasteiger partial charge is 0.174 e. The number of hydrogen-bond donors (Lipinski definition) is 0. The van der Waals surface area contributed by atoms with Crippen LogP contribution in [0.1, 0.15) is 10.7 Å². The standard InChI is InChI=1S/C11H9N3OS3/c1-7-13-14-11(18-7)17-6-9-5-16-10(12-9)8-2-3-15-4-8/h2-5H,6H2,1H3.